The summed E-state index contributed by atoms with van der Waals surface area (Å²) in [6.45, 7) is 2.19. The summed E-state index contributed by atoms with van der Waals surface area (Å²) in [5.74, 6) is 6.88. The van der Waals surface area contributed by atoms with E-state index in [4.69, 9.17) is 0 Å². The molecule has 8 bridgehead atoms. The smallest absolute Gasteiger partial charge is 1.00 e. The molecule has 0 spiro atoms. The second-order valence-corrected chi connectivity index (χ2v) is 21.3. The van der Waals surface area contributed by atoms with Crippen molar-refractivity contribution in [2.45, 2.75) is 133 Å². The molecule has 15 rings (SSSR count). The van der Waals surface area contributed by atoms with Crippen molar-refractivity contribution in [1.29, 1.82) is 0 Å². The van der Waals surface area contributed by atoms with Crippen LogP contribution in [-0.4, -0.2) is 0 Å². The number of fused-ring (bicyclic) bond motifs is 2. The molecule has 9 fully saturated rings. The van der Waals surface area contributed by atoms with Gasteiger partial charge >= 0.3 is 26.2 Å². The van der Waals surface area contributed by atoms with Gasteiger partial charge in [-0.25, -0.2) is 0 Å². The monoisotopic (exact) mass is 906 g/mol. The van der Waals surface area contributed by atoms with Crippen LogP contribution >= 0.6 is 0 Å². The van der Waals surface area contributed by atoms with E-state index >= 15 is 0 Å². The summed E-state index contributed by atoms with van der Waals surface area (Å²) < 4.78 is 0. The Balaban J connectivity index is 0.000000149. The van der Waals surface area contributed by atoms with Crippen LogP contribution in [0.25, 0.3) is 43.8 Å². The average molecular weight is 909 g/mol. The van der Waals surface area contributed by atoms with Gasteiger partial charge in [-0.15, -0.1) is 69.1 Å². The summed E-state index contributed by atoms with van der Waals surface area (Å²) >= 11 is 0. The van der Waals surface area contributed by atoms with Crippen LogP contribution < -0.4 is 24.8 Å². The van der Waals surface area contributed by atoms with Gasteiger partial charge in [-0.2, -0.15) is 12.1 Å². The Morgan fingerprint density at radius 3 is 1.30 bits per heavy atom. The average Bonchev–Trinajstić information content (AvgIpc) is 3.84. The van der Waals surface area contributed by atoms with Crippen molar-refractivity contribution in [2.75, 3.05) is 0 Å². The first-order valence-electron chi connectivity index (χ1n) is 23.5. The van der Waals surface area contributed by atoms with Crippen molar-refractivity contribution in [3.63, 3.8) is 0 Å². The minimum atomic E-state index is 0. The maximum atomic E-state index is 2.52. The Morgan fingerprint density at radius 1 is 0.467 bits per heavy atom. The van der Waals surface area contributed by atoms with E-state index in [1.54, 1.807) is 16.7 Å². The van der Waals surface area contributed by atoms with Crippen LogP contribution in [0, 0.1) is 42.4 Å². The van der Waals surface area contributed by atoms with Crippen LogP contribution in [0.1, 0.15) is 137 Å². The molecule has 60 heavy (non-hydrogen) atoms. The fourth-order valence-electron chi connectivity index (χ4n) is 15.8. The third-order valence-electron chi connectivity index (χ3n) is 17.4. The zero-order chi connectivity index (χ0) is 37.7. The predicted octanol–water partition coefficient (Wildman–Crippen LogP) is 9.75. The summed E-state index contributed by atoms with van der Waals surface area (Å²) in [6.07, 6.45) is 24.9. The molecule has 308 valence electrons. The molecular weight excluding hydrogens is 847 g/mol. The van der Waals surface area contributed by atoms with E-state index in [-0.39, 0.29) is 51.0 Å². The molecule has 0 radical (unpaired) electrons. The number of aryl methyl sites for hydroxylation is 1. The molecule has 0 nitrogen and oxygen atoms in total. The van der Waals surface area contributed by atoms with Crippen LogP contribution in [0.2, 0.25) is 0 Å². The minimum absolute atomic E-state index is 0. The second kappa shape index (κ2) is 16.9. The van der Waals surface area contributed by atoms with Gasteiger partial charge in [0.15, 0.2) is 0 Å². The first kappa shape index (κ1) is 42.8. The zero-order valence-electron chi connectivity index (χ0n) is 35.7. The van der Waals surface area contributed by atoms with Crippen molar-refractivity contribution >= 4 is 21.5 Å². The summed E-state index contributed by atoms with van der Waals surface area (Å²) in [6, 6.07) is 42.9. The Morgan fingerprint density at radius 2 is 0.867 bits per heavy atom. The minimum Gasteiger partial charge on any atom is -1.00 e. The van der Waals surface area contributed by atoms with Gasteiger partial charge in [-0.05, 0) is 164 Å². The van der Waals surface area contributed by atoms with E-state index in [0.29, 0.717) is 10.8 Å². The van der Waals surface area contributed by atoms with Gasteiger partial charge < -0.3 is 24.8 Å². The molecule has 0 atom stereocenters. The van der Waals surface area contributed by atoms with Crippen molar-refractivity contribution in [3.8, 4) is 22.3 Å². The van der Waals surface area contributed by atoms with E-state index in [0.717, 1.165) is 41.4 Å². The van der Waals surface area contributed by atoms with Crippen LogP contribution in [0.15, 0.2) is 109 Å². The summed E-state index contributed by atoms with van der Waals surface area (Å²) in [7, 11) is 0. The zero-order valence-corrected chi connectivity index (χ0v) is 39.7. The number of benzene rings is 4. The molecule has 0 saturated heterocycles. The summed E-state index contributed by atoms with van der Waals surface area (Å²) in [5.41, 5.74) is 12.8. The Hall–Kier alpha value is -2.44. The maximum absolute atomic E-state index is 2.52. The molecular formula is C57H62Cl2Zr. The van der Waals surface area contributed by atoms with Gasteiger partial charge in [0.2, 0.25) is 0 Å². The van der Waals surface area contributed by atoms with E-state index < -0.39 is 0 Å². The fraction of sp³-hybridized carbons (Fsp3) is 0.474. The number of halogens is 2. The first-order valence-corrected chi connectivity index (χ1v) is 23.5. The van der Waals surface area contributed by atoms with E-state index in [2.05, 4.69) is 116 Å². The standard InChI is InChI=1S/C31H35.C26H27.2ClH.Zr/c1-2-5-24(6-3-1)27-16-26-7-4-8-29(30(26)17-27)25-9-11-28(12-10-25)31-18-21-13-22(19-31)15-23(14-21)20-31;1-17-9-22-3-2-4-24(25(22)10-17)21-5-7-23(8-6-21)26-14-18-11-19(15-26)13-20(12-18)16-26;;;/h4,7-12,16-17,21-24H,1-3,5-6,13-15,18-20H2;2-10,18-20H,11-16H2,1H3;2*1H;/q2*-1;;;+4/p-2. The topological polar surface area (TPSA) is 0 Å². The molecule has 0 unspecified atom stereocenters. The van der Waals surface area contributed by atoms with E-state index in [1.165, 1.54) is 159 Å². The fourth-order valence-corrected chi connectivity index (χ4v) is 15.8. The van der Waals surface area contributed by atoms with Crippen molar-refractivity contribution in [3.05, 3.63) is 131 Å². The third kappa shape index (κ3) is 7.60. The molecule has 9 saturated carbocycles. The van der Waals surface area contributed by atoms with Crippen LogP contribution in [0.4, 0.5) is 0 Å². The Labute approximate surface area is 391 Å². The number of hydrogen-bond acceptors (Lipinski definition) is 0. The molecule has 6 aromatic carbocycles. The van der Waals surface area contributed by atoms with E-state index in [1.807, 2.05) is 0 Å². The molecule has 9 aliphatic rings. The third-order valence-corrected chi connectivity index (χ3v) is 17.4. The van der Waals surface area contributed by atoms with Crippen molar-refractivity contribution < 1.29 is 51.0 Å². The van der Waals surface area contributed by atoms with Gasteiger partial charge in [-0.1, -0.05) is 98.0 Å². The SMILES string of the molecule is Cc1cc2c(-c3ccc(C45CC6CC(CC(C6)C4)C5)cc3)cccc2[cH-]1.[Cl-].[Cl-].[Zr+4].c1cc(-c2ccc(C34CC5CC(CC(C5)C3)C4)cc2)c2cc(C3CCCCC3)[cH-]c2c1. The first-order chi connectivity index (χ1) is 27.9. The van der Waals surface area contributed by atoms with Gasteiger partial charge in [0.25, 0.3) is 0 Å². The van der Waals surface area contributed by atoms with Gasteiger partial charge in [0.05, 0.1) is 0 Å². The largest absolute Gasteiger partial charge is 4.00 e. The normalized spacial score (nSPS) is 30.9. The number of hydrogen-bond donors (Lipinski definition) is 0. The second-order valence-electron chi connectivity index (χ2n) is 21.3. The Bertz CT molecular complexity index is 2350. The van der Waals surface area contributed by atoms with Crippen molar-refractivity contribution in [2.24, 2.45) is 35.5 Å². The summed E-state index contributed by atoms with van der Waals surface area (Å²) in [5, 5.41) is 5.66. The molecule has 0 heterocycles. The molecule has 6 aromatic rings. The van der Waals surface area contributed by atoms with Crippen LogP contribution in [0.3, 0.4) is 0 Å². The van der Waals surface area contributed by atoms with Gasteiger partial charge in [-0.3, -0.25) is 0 Å². The molecule has 9 aliphatic carbocycles. The van der Waals surface area contributed by atoms with E-state index in [9.17, 15) is 0 Å². The van der Waals surface area contributed by atoms with Gasteiger partial charge in [0.1, 0.15) is 0 Å². The molecule has 0 amide bonds. The van der Waals surface area contributed by atoms with Gasteiger partial charge in [0, 0.05) is 0 Å². The van der Waals surface area contributed by atoms with Crippen molar-refractivity contribution in [1.82, 2.24) is 0 Å². The van der Waals surface area contributed by atoms with Crippen LogP contribution in [0.5, 0.6) is 0 Å². The predicted molar refractivity (Wildman–Crippen MR) is 240 cm³/mol. The quantitative estimate of drug-likeness (QED) is 0.151. The summed E-state index contributed by atoms with van der Waals surface area (Å²) in [4.78, 5) is 0. The molecule has 0 aromatic heterocycles. The molecule has 0 N–H and O–H groups in total. The van der Waals surface area contributed by atoms with Crippen LogP contribution in [-0.2, 0) is 37.0 Å². The maximum Gasteiger partial charge on any atom is 4.00 e. The Kier molecular flexibility index (Phi) is 12.1. The number of rotatable bonds is 5. The molecule has 3 heteroatoms. The molecule has 0 aliphatic heterocycles.